The molecule has 2 aromatic carbocycles. The van der Waals surface area contributed by atoms with Crippen molar-refractivity contribution in [1.82, 2.24) is 30.0 Å². The van der Waals surface area contributed by atoms with Gasteiger partial charge in [0.05, 0.1) is 14.2 Å². The molecule has 8 nitrogen and oxygen atoms in total. The Morgan fingerprint density at radius 1 is 0.935 bits per heavy atom. The van der Waals surface area contributed by atoms with E-state index >= 15 is 0 Å². The summed E-state index contributed by atoms with van der Waals surface area (Å²) >= 11 is 0. The summed E-state index contributed by atoms with van der Waals surface area (Å²) in [5, 5.41) is 12.9. The Labute approximate surface area is 183 Å². The molecule has 0 radical (unpaired) electrons. The molecule has 4 rings (SSSR count). The highest BCUT2D eigenvalue weighted by Gasteiger charge is 2.32. The van der Waals surface area contributed by atoms with E-state index in [0.717, 1.165) is 49.7 Å². The van der Waals surface area contributed by atoms with E-state index in [4.69, 9.17) is 9.47 Å². The van der Waals surface area contributed by atoms with Crippen LogP contribution >= 0.6 is 0 Å². The smallest absolute Gasteiger partial charge is 0.173 e. The number of tetrazole rings is 1. The van der Waals surface area contributed by atoms with Gasteiger partial charge in [0.1, 0.15) is 6.04 Å². The number of hydrogen-bond donors (Lipinski definition) is 0. The van der Waals surface area contributed by atoms with E-state index in [9.17, 15) is 0 Å². The van der Waals surface area contributed by atoms with Crippen molar-refractivity contribution in [1.29, 1.82) is 0 Å². The fraction of sp³-hybridized carbons (Fsp3) is 0.435. The highest BCUT2D eigenvalue weighted by Crippen LogP contribution is 2.39. The van der Waals surface area contributed by atoms with Crippen LogP contribution in [0.25, 0.3) is 0 Å². The van der Waals surface area contributed by atoms with Crippen LogP contribution in [-0.4, -0.2) is 77.5 Å². The van der Waals surface area contributed by atoms with Gasteiger partial charge in [-0.05, 0) is 35.5 Å². The van der Waals surface area contributed by atoms with Crippen LogP contribution < -0.4 is 9.47 Å². The Balaban J connectivity index is 1.70. The molecule has 2 heterocycles. The maximum Gasteiger partial charge on any atom is 0.173 e. The number of aromatic nitrogens is 4. The third kappa shape index (κ3) is 4.70. The van der Waals surface area contributed by atoms with Crippen LogP contribution in [0.2, 0.25) is 0 Å². The molecule has 0 amide bonds. The van der Waals surface area contributed by atoms with E-state index in [0.29, 0.717) is 12.3 Å². The lowest BCUT2D eigenvalue weighted by Gasteiger charge is -2.38. The number of hydrogen-bond acceptors (Lipinski definition) is 7. The molecule has 8 heteroatoms. The van der Waals surface area contributed by atoms with E-state index in [-0.39, 0.29) is 6.04 Å². The van der Waals surface area contributed by atoms with E-state index in [1.807, 2.05) is 22.9 Å². The number of methoxy groups -OCH3 is 2. The largest absolute Gasteiger partial charge is 0.493 e. The molecule has 1 atom stereocenters. The number of piperazine rings is 1. The molecule has 1 aliphatic heterocycles. The van der Waals surface area contributed by atoms with Gasteiger partial charge < -0.3 is 14.4 Å². The van der Waals surface area contributed by atoms with Crippen molar-refractivity contribution >= 4 is 0 Å². The number of rotatable bonds is 8. The Morgan fingerprint density at radius 2 is 1.71 bits per heavy atom. The second kappa shape index (κ2) is 9.89. The second-order valence-corrected chi connectivity index (χ2v) is 7.82. The fourth-order valence-electron chi connectivity index (χ4n) is 4.15. The zero-order valence-electron chi connectivity index (χ0n) is 18.4. The average Bonchev–Trinajstić information content (AvgIpc) is 3.27. The van der Waals surface area contributed by atoms with Gasteiger partial charge in [-0.15, -0.1) is 5.10 Å². The van der Waals surface area contributed by atoms with Crippen LogP contribution in [-0.2, 0) is 13.0 Å². The molecule has 164 valence electrons. The lowest BCUT2D eigenvalue weighted by atomic mass is 10.0. The third-order valence-electron chi connectivity index (χ3n) is 5.89. The monoisotopic (exact) mass is 422 g/mol. The number of para-hydroxylation sites is 1. The standard InChI is InChI=1S/C23H30N6O2/c1-27-14-16-28(17-15-27)21(19-10-7-11-20(30-2)22(19)31-3)23-24-25-26-29(23)13-12-18-8-5-4-6-9-18/h4-11,21H,12-17H2,1-3H3. The van der Waals surface area contributed by atoms with Gasteiger partial charge in [-0.3, -0.25) is 4.90 Å². The molecule has 0 bridgehead atoms. The molecular formula is C23H30N6O2. The van der Waals surface area contributed by atoms with Gasteiger partial charge in [0, 0.05) is 38.3 Å². The molecule has 0 spiro atoms. The quantitative estimate of drug-likeness (QED) is 0.552. The molecule has 3 aromatic rings. The minimum atomic E-state index is -0.121. The summed E-state index contributed by atoms with van der Waals surface area (Å²) in [5.74, 6) is 2.26. The van der Waals surface area contributed by atoms with Gasteiger partial charge in [0.2, 0.25) is 0 Å². The van der Waals surface area contributed by atoms with Crippen molar-refractivity contribution in [3.05, 3.63) is 65.5 Å². The van der Waals surface area contributed by atoms with Gasteiger partial charge in [0.15, 0.2) is 17.3 Å². The first-order chi connectivity index (χ1) is 15.2. The van der Waals surface area contributed by atoms with Crippen molar-refractivity contribution in [2.45, 2.75) is 19.0 Å². The highest BCUT2D eigenvalue weighted by molar-refractivity contribution is 5.49. The SMILES string of the molecule is COc1cccc(C(c2nnnn2CCc2ccccc2)N2CCN(C)CC2)c1OC. The van der Waals surface area contributed by atoms with Gasteiger partial charge in [0.25, 0.3) is 0 Å². The number of ether oxygens (including phenoxy) is 2. The van der Waals surface area contributed by atoms with Gasteiger partial charge in [-0.25, -0.2) is 4.68 Å². The van der Waals surface area contributed by atoms with Crippen LogP contribution in [0.1, 0.15) is 23.0 Å². The molecule has 1 aromatic heterocycles. The molecule has 0 saturated carbocycles. The van der Waals surface area contributed by atoms with Crippen molar-refractivity contribution < 1.29 is 9.47 Å². The Hall–Kier alpha value is -2.97. The minimum absolute atomic E-state index is 0.121. The summed E-state index contributed by atoms with van der Waals surface area (Å²) in [5.41, 5.74) is 2.28. The molecule has 31 heavy (non-hydrogen) atoms. The van der Waals surface area contributed by atoms with Crippen LogP contribution in [0.15, 0.2) is 48.5 Å². The zero-order chi connectivity index (χ0) is 21.6. The molecular weight excluding hydrogens is 392 g/mol. The summed E-state index contributed by atoms with van der Waals surface area (Å²) in [7, 11) is 5.50. The number of likely N-dealkylation sites (N-methyl/N-ethyl adjacent to an activating group) is 1. The summed E-state index contributed by atoms with van der Waals surface area (Å²) < 4.78 is 13.3. The lowest BCUT2D eigenvalue weighted by molar-refractivity contribution is 0.120. The average molecular weight is 423 g/mol. The highest BCUT2D eigenvalue weighted by atomic mass is 16.5. The summed E-state index contributed by atoms with van der Waals surface area (Å²) in [6.07, 6.45) is 0.865. The number of nitrogens with zero attached hydrogens (tertiary/aromatic N) is 6. The fourth-order valence-corrected chi connectivity index (χ4v) is 4.15. The van der Waals surface area contributed by atoms with Crippen molar-refractivity contribution in [2.24, 2.45) is 0 Å². The lowest BCUT2D eigenvalue weighted by Crippen LogP contribution is -2.46. The predicted octanol–water partition coefficient (Wildman–Crippen LogP) is 2.27. The van der Waals surface area contributed by atoms with Gasteiger partial charge >= 0.3 is 0 Å². The molecule has 0 aliphatic carbocycles. The van der Waals surface area contributed by atoms with E-state index in [2.05, 4.69) is 62.7 Å². The maximum absolute atomic E-state index is 5.79. The van der Waals surface area contributed by atoms with Crippen molar-refractivity contribution in [3.63, 3.8) is 0 Å². The Bertz CT molecular complexity index is 969. The van der Waals surface area contributed by atoms with E-state index in [1.165, 1.54) is 5.56 Å². The molecule has 1 saturated heterocycles. The van der Waals surface area contributed by atoms with Crippen molar-refractivity contribution in [2.75, 3.05) is 47.4 Å². The Kier molecular flexibility index (Phi) is 6.79. The first kappa shape index (κ1) is 21.3. The number of benzene rings is 2. The van der Waals surface area contributed by atoms with E-state index in [1.54, 1.807) is 14.2 Å². The maximum atomic E-state index is 5.79. The summed E-state index contributed by atoms with van der Waals surface area (Å²) in [6, 6.07) is 16.3. The van der Waals surface area contributed by atoms with Crippen LogP contribution in [0.3, 0.4) is 0 Å². The van der Waals surface area contributed by atoms with Crippen molar-refractivity contribution in [3.8, 4) is 11.5 Å². The van der Waals surface area contributed by atoms with Gasteiger partial charge in [-0.2, -0.15) is 0 Å². The zero-order valence-corrected chi connectivity index (χ0v) is 18.4. The normalized spacial score (nSPS) is 16.2. The van der Waals surface area contributed by atoms with Crippen LogP contribution in [0.4, 0.5) is 0 Å². The second-order valence-electron chi connectivity index (χ2n) is 7.82. The topological polar surface area (TPSA) is 68.5 Å². The Morgan fingerprint density at radius 3 is 2.42 bits per heavy atom. The van der Waals surface area contributed by atoms with Crippen LogP contribution in [0, 0.1) is 0 Å². The van der Waals surface area contributed by atoms with E-state index < -0.39 is 0 Å². The number of aryl methyl sites for hydroxylation is 2. The third-order valence-corrected chi connectivity index (χ3v) is 5.89. The van der Waals surface area contributed by atoms with Crippen LogP contribution in [0.5, 0.6) is 11.5 Å². The first-order valence-corrected chi connectivity index (χ1v) is 10.6. The molecule has 1 unspecified atom stereocenters. The minimum Gasteiger partial charge on any atom is -0.493 e. The van der Waals surface area contributed by atoms with Gasteiger partial charge in [-0.1, -0.05) is 42.5 Å². The molecule has 1 fully saturated rings. The summed E-state index contributed by atoms with van der Waals surface area (Å²) in [4.78, 5) is 4.77. The first-order valence-electron chi connectivity index (χ1n) is 10.6. The predicted molar refractivity (Wildman–Crippen MR) is 118 cm³/mol. The molecule has 1 aliphatic rings. The summed E-state index contributed by atoms with van der Waals surface area (Å²) in [6.45, 7) is 4.55. The molecule has 0 N–H and O–H groups in total.